The van der Waals surface area contributed by atoms with Gasteiger partial charge in [-0.2, -0.15) is 0 Å². The molecule has 0 aliphatic heterocycles. The summed E-state index contributed by atoms with van der Waals surface area (Å²) in [7, 11) is 0. The third-order valence-corrected chi connectivity index (χ3v) is 2.88. The summed E-state index contributed by atoms with van der Waals surface area (Å²) in [4.78, 5) is 12.1. The first kappa shape index (κ1) is 12.3. The number of carbonyl (C=O) groups excluding carboxylic acids is 1. The highest BCUT2D eigenvalue weighted by molar-refractivity contribution is 5.90. The molecule has 1 rings (SSSR count). The van der Waals surface area contributed by atoms with Crippen molar-refractivity contribution in [3.63, 3.8) is 0 Å². The summed E-state index contributed by atoms with van der Waals surface area (Å²) in [5.41, 5.74) is 0.162. The minimum Gasteiger partial charge on any atom is -0.459 e. The Morgan fingerprint density at radius 1 is 1.20 bits per heavy atom. The largest absolute Gasteiger partial charge is 0.459 e. The molecule has 0 saturated carbocycles. The SMILES string of the molecule is CC1=CC1(C(=O)OC(C)(C)C)C(C)(C)C. The van der Waals surface area contributed by atoms with E-state index in [1.54, 1.807) is 0 Å². The lowest BCUT2D eigenvalue weighted by atomic mass is 9.74. The Bertz CT molecular complexity index is 312. The van der Waals surface area contributed by atoms with Crippen LogP contribution >= 0.6 is 0 Å². The molecule has 0 heterocycles. The standard InChI is InChI=1S/C13H22O2/c1-9-8-13(9,11(2,3)4)10(14)15-12(5,6)7/h8H,1-7H3. The number of carbonyl (C=O) groups is 1. The molecule has 1 atom stereocenters. The van der Waals surface area contributed by atoms with Crippen LogP contribution < -0.4 is 0 Å². The number of esters is 1. The molecule has 1 unspecified atom stereocenters. The fraction of sp³-hybridized carbons (Fsp3) is 0.769. The molecule has 1 aliphatic rings. The van der Waals surface area contributed by atoms with Crippen LogP contribution in [0.3, 0.4) is 0 Å². The second-order valence-electron chi connectivity index (χ2n) is 6.39. The van der Waals surface area contributed by atoms with Crippen LogP contribution in [0.4, 0.5) is 0 Å². The molecule has 1 aliphatic carbocycles. The molecule has 0 radical (unpaired) electrons. The highest BCUT2D eigenvalue weighted by atomic mass is 16.6. The Balaban J connectivity index is 2.84. The van der Waals surface area contributed by atoms with Crippen molar-refractivity contribution in [1.82, 2.24) is 0 Å². The van der Waals surface area contributed by atoms with E-state index in [4.69, 9.17) is 4.74 Å². The summed E-state index contributed by atoms with van der Waals surface area (Å²) in [6.07, 6.45) is 2.01. The van der Waals surface area contributed by atoms with Gasteiger partial charge >= 0.3 is 5.97 Å². The van der Waals surface area contributed by atoms with Crippen LogP contribution in [0.15, 0.2) is 11.6 Å². The summed E-state index contributed by atoms with van der Waals surface area (Å²) < 4.78 is 5.47. The maximum Gasteiger partial charge on any atom is 0.321 e. The fourth-order valence-electron chi connectivity index (χ4n) is 1.98. The number of rotatable bonds is 1. The molecule has 86 valence electrons. The van der Waals surface area contributed by atoms with Crippen molar-refractivity contribution in [1.29, 1.82) is 0 Å². The van der Waals surface area contributed by atoms with E-state index in [0.717, 1.165) is 5.57 Å². The molecule has 0 aromatic heterocycles. The van der Waals surface area contributed by atoms with Gasteiger partial charge < -0.3 is 4.74 Å². The molecule has 0 amide bonds. The molecule has 0 saturated heterocycles. The van der Waals surface area contributed by atoms with E-state index in [1.807, 2.05) is 33.8 Å². The predicted octanol–water partition coefficient (Wildman–Crippen LogP) is 3.32. The molecule has 0 bridgehead atoms. The van der Waals surface area contributed by atoms with Gasteiger partial charge in [0.25, 0.3) is 0 Å². The highest BCUT2D eigenvalue weighted by Gasteiger charge is 2.58. The molecule has 0 aromatic rings. The van der Waals surface area contributed by atoms with Crippen molar-refractivity contribution in [3.8, 4) is 0 Å². The van der Waals surface area contributed by atoms with Crippen LogP contribution in [0.25, 0.3) is 0 Å². The van der Waals surface area contributed by atoms with Gasteiger partial charge in [-0.25, -0.2) is 0 Å². The molecular formula is C13H22O2. The van der Waals surface area contributed by atoms with Crippen molar-refractivity contribution in [2.24, 2.45) is 10.8 Å². The van der Waals surface area contributed by atoms with Gasteiger partial charge in [0.15, 0.2) is 0 Å². The third kappa shape index (κ3) is 2.09. The quantitative estimate of drug-likeness (QED) is 0.490. The van der Waals surface area contributed by atoms with Crippen molar-refractivity contribution >= 4 is 5.97 Å². The summed E-state index contributed by atoms with van der Waals surface area (Å²) in [5, 5.41) is 0. The highest BCUT2D eigenvalue weighted by Crippen LogP contribution is 2.57. The molecule has 2 heteroatoms. The van der Waals surface area contributed by atoms with Gasteiger partial charge in [0.05, 0.1) is 0 Å². The van der Waals surface area contributed by atoms with Crippen molar-refractivity contribution in [3.05, 3.63) is 11.6 Å². The summed E-state index contributed by atoms with van der Waals surface area (Å²) in [6, 6.07) is 0. The molecule has 0 fully saturated rings. The first-order chi connectivity index (χ1) is 6.51. The van der Waals surface area contributed by atoms with Crippen LogP contribution in [0.5, 0.6) is 0 Å². The van der Waals surface area contributed by atoms with E-state index in [2.05, 4.69) is 20.8 Å². The summed E-state index contributed by atoms with van der Waals surface area (Å²) in [5.74, 6) is -0.111. The maximum absolute atomic E-state index is 12.1. The molecule has 0 aromatic carbocycles. The first-order valence-electron chi connectivity index (χ1n) is 5.44. The Hall–Kier alpha value is -0.790. The second-order valence-corrected chi connectivity index (χ2v) is 6.39. The zero-order valence-corrected chi connectivity index (χ0v) is 10.9. The smallest absolute Gasteiger partial charge is 0.321 e. The molecule has 2 nitrogen and oxygen atoms in total. The monoisotopic (exact) mass is 210 g/mol. The predicted molar refractivity (Wildman–Crippen MR) is 61.5 cm³/mol. The maximum atomic E-state index is 12.1. The lowest BCUT2D eigenvalue weighted by molar-refractivity contribution is -0.164. The normalized spacial score (nSPS) is 25.9. The van der Waals surface area contributed by atoms with Crippen LogP contribution in [-0.4, -0.2) is 11.6 Å². The van der Waals surface area contributed by atoms with Gasteiger partial charge in [-0.05, 0) is 33.1 Å². The van der Waals surface area contributed by atoms with Gasteiger partial charge in [0.1, 0.15) is 11.0 Å². The van der Waals surface area contributed by atoms with E-state index in [9.17, 15) is 4.79 Å². The average molecular weight is 210 g/mol. The minimum atomic E-state index is -0.458. The summed E-state index contributed by atoms with van der Waals surface area (Å²) >= 11 is 0. The average Bonchev–Trinajstić information content (AvgIpc) is 2.56. The number of hydrogen-bond donors (Lipinski definition) is 0. The van der Waals surface area contributed by atoms with E-state index in [-0.39, 0.29) is 11.4 Å². The lowest BCUT2D eigenvalue weighted by Gasteiger charge is -2.33. The zero-order chi connectivity index (χ0) is 12.1. The van der Waals surface area contributed by atoms with Crippen LogP contribution in [0.1, 0.15) is 48.5 Å². The van der Waals surface area contributed by atoms with Crippen LogP contribution in [0, 0.1) is 10.8 Å². The van der Waals surface area contributed by atoms with Gasteiger partial charge in [0.2, 0.25) is 0 Å². The number of ether oxygens (including phenoxy) is 1. The van der Waals surface area contributed by atoms with E-state index < -0.39 is 11.0 Å². The topological polar surface area (TPSA) is 26.3 Å². The summed E-state index contributed by atoms with van der Waals surface area (Å²) in [6.45, 7) is 13.9. The molecule has 0 N–H and O–H groups in total. The van der Waals surface area contributed by atoms with Gasteiger partial charge in [-0.1, -0.05) is 32.4 Å². The Morgan fingerprint density at radius 2 is 1.60 bits per heavy atom. The Morgan fingerprint density at radius 3 is 1.80 bits per heavy atom. The second kappa shape index (κ2) is 3.10. The van der Waals surface area contributed by atoms with Crippen molar-refractivity contribution < 1.29 is 9.53 Å². The molecule has 15 heavy (non-hydrogen) atoms. The van der Waals surface area contributed by atoms with Gasteiger partial charge in [-0.3, -0.25) is 4.79 Å². The Labute approximate surface area is 92.7 Å². The first-order valence-corrected chi connectivity index (χ1v) is 5.44. The van der Waals surface area contributed by atoms with Crippen molar-refractivity contribution in [2.45, 2.75) is 54.1 Å². The lowest BCUT2D eigenvalue weighted by Crippen LogP contribution is -2.38. The zero-order valence-electron chi connectivity index (χ0n) is 10.9. The minimum absolute atomic E-state index is 0.0978. The number of hydrogen-bond acceptors (Lipinski definition) is 2. The molecular weight excluding hydrogens is 188 g/mol. The van der Waals surface area contributed by atoms with E-state index in [0.29, 0.717) is 0 Å². The third-order valence-electron chi connectivity index (χ3n) is 2.88. The van der Waals surface area contributed by atoms with E-state index >= 15 is 0 Å². The van der Waals surface area contributed by atoms with Gasteiger partial charge in [-0.15, -0.1) is 0 Å². The van der Waals surface area contributed by atoms with Crippen molar-refractivity contribution in [2.75, 3.05) is 0 Å². The van der Waals surface area contributed by atoms with Gasteiger partial charge in [0, 0.05) is 0 Å². The van der Waals surface area contributed by atoms with E-state index in [1.165, 1.54) is 0 Å². The van der Waals surface area contributed by atoms with Crippen LogP contribution in [0.2, 0.25) is 0 Å². The Kier molecular flexibility index (Phi) is 2.54. The van der Waals surface area contributed by atoms with Crippen LogP contribution in [-0.2, 0) is 9.53 Å². The molecule has 0 spiro atoms. The fourth-order valence-corrected chi connectivity index (χ4v) is 1.98.